The lowest BCUT2D eigenvalue weighted by Crippen LogP contribution is -2.45. The van der Waals surface area contributed by atoms with Gasteiger partial charge < -0.3 is 9.42 Å². The van der Waals surface area contributed by atoms with Crippen molar-refractivity contribution in [2.75, 3.05) is 6.54 Å². The molecule has 3 rings (SSSR count). The van der Waals surface area contributed by atoms with Gasteiger partial charge in [-0.25, -0.2) is 4.39 Å². The molecule has 0 radical (unpaired) electrons. The molecule has 0 bridgehead atoms. The lowest BCUT2D eigenvalue weighted by atomic mass is 9.94. The van der Waals surface area contributed by atoms with E-state index in [0.29, 0.717) is 5.76 Å². The van der Waals surface area contributed by atoms with E-state index in [1.807, 2.05) is 6.92 Å². The molecule has 1 aromatic heterocycles. The highest BCUT2D eigenvalue weighted by Gasteiger charge is 2.33. The molecule has 1 amide bonds. The smallest absolute Gasteiger partial charge is 0.230 e. The van der Waals surface area contributed by atoms with E-state index in [9.17, 15) is 9.18 Å². The van der Waals surface area contributed by atoms with Crippen LogP contribution in [0.1, 0.15) is 29.5 Å². The lowest BCUT2D eigenvalue weighted by Gasteiger charge is -2.41. The van der Waals surface area contributed by atoms with Gasteiger partial charge >= 0.3 is 0 Å². The van der Waals surface area contributed by atoms with Crippen molar-refractivity contribution >= 4 is 5.91 Å². The number of aryl methyl sites for hydroxylation is 1. The van der Waals surface area contributed by atoms with Crippen molar-refractivity contribution < 1.29 is 13.7 Å². The summed E-state index contributed by atoms with van der Waals surface area (Å²) in [6.07, 6.45) is 1.13. The van der Waals surface area contributed by atoms with Crippen LogP contribution in [0.25, 0.3) is 0 Å². The maximum atomic E-state index is 12.9. The number of carbonyl (C=O) groups is 1. The van der Waals surface area contributed by atoms with Crippen LogP contribution in [-0.4, -0.2) is 22.5 Å². The molecule has 0 saturated carbocycles. The average molecular weight is 274 g/mol. The van der Waals surface area contributed by atoms with Gasteiger partial charge in [0.2, 0.25) is 5.91 Å². The Bertz CT molecular complexity index is 621. The Morgan fingerprint density at radius 3 is 2.75 bits per heavy atom. The second-order valence-electron chi connectivity index (χ2n) is 5.05. The molecule has 2 aromatic rings. The molecule has 1 atom stereocenters. The van der Waals surface area contributed by atoms with Crippen LogP contribution < -0.4 is 0 Å². The van der Waals surface area contributed by atoms with Gasteiger partial charge in [0, 0.05) is 12.6 Å². The monoisotopic (exact) mass is 274 g/mol. The zero-order chi connectivity index (χ0) is 14.1. The number of nitrogens with zero attached hydrogens (tertiary/aromatic N) is 2. The lowest BCUT2D eigenvalue weighted by molar-refractivity contribution is -0.138. The minimum atomic E-state index is -0.261. The van der Waals surface area contributed by atoms with Crippen LogP contribution in [0.4, 0.5) is 4.39 Å². The number of hydrogen-bond acceptors (Lipinski definition) is 3. The van der Waals surface area contributed by atoms with Crippen molar-refractivity contribution in [1.29, 1.82) is 0 Å². The van der Waals surface area contributed by atoms with Gasteiger partial charge in [0.15, 0.2) is 0 Å². The third-order valence-corrected chi connectivity index (χ3v) is 3.60. The van der Waals surface area contributed by atoms with Gasteiger partial charge in [-0.15, -0.1) is 0 Å². The zero-order valence-corrected chi connectivity index (χ0v) is 11.2. The quantitative estimate of drug-likeness (QED) is 0.864. The summed E-state index contributed by atoms with van der Waals surface area (Å²) in [6.45, 7) is 2.55. The largest absolute Gasteiger partial charge is 0.361 e. The molecule has 2 heterocycles. The topological polar surface area (TPSA) is 46.3 Å². The number of aromatic nitrogens is 1. The summed E-state index contributed by atoms with van der Waals surface area (Å²) < 4.78 is 18.0. The molecule has 104 valence electrons. The number of benzene rings is 1. The van der Waals surface area contributed by atoms with Crippen LogP contribution in [0, 0.1) is 12.7 Å². The highest BCUT2D eigenvalue weighted by atomic mass is 19.1. The molecule has 1 unspecified atom stereocenters. The van der Waals surface area contributed by atoms with E-state index in [1.54, 1.807) is 23.1 Å². The normalized spacial score (nSPS) is 17.9. The summed E-state index contributed by atoms with van der Waals surface area (Å²) in [7, 11) is 0. The van der Waals surface area contributed by atoms with Gasteiger partial charge in [-0.05, 0) is 31.0 Å². The van der Waals surface area contributed by atoms with E-state index < -0.39 is 0 Å². The van der Waals surface area contributed by atoms with Crippen molar-refractivity contribution in [2.24, 2.45) is 0 Å². The Balaban J connectivity index is 1.68. The highest BCUT2D eigenvalue weighted by Crippen LogP contribution is 2.33. The van der Waals surface area contributed by atoms with E-state index in [1.165, 1.54) is 12.1 Å². The summed E-state index contributed by atoms with van der Waals surface area (Å²) in [4.78, 5) is 14.0. The first-order chi connectivity index (χ1) is 9.63. The van der Waals surface area contributed by atoms with Crippen LogP contribution >= 0.6 is 0 Å². The SMILES string of the molecule is Cc1cc(CC(=O)N2CCC2c2ccc(F)cc2)on1. The fraction of sp³-hybridized carbons (Fsp3) is 0.333. The predicted octanol–water partition coefficient (Wildman–Crippen LogP) is 2.64. The van der Waals surface area contributed by atoms with Gasteiger partial charge in [0.1, 0.15) is 11.6 Å². The average Bonchev–Trinajstić information content (AvgIpc) is 2.76. The Morgan fingerprint density at radius 2 is 2.20 bits per heavy atom. The fourth-order valence-corrected chi connectivity index (χ4v) is 2.47. The molecule has 5 heteroatoms. The first-order valence-electron chi connectivity index (χ1n) is 6.60. The minimum absolute atomic E-state index is 0.0155. The highest BCUT2D eigenvalue weighted by molar-refractivity contribution is 5.79. The number of carbonyl (C=O) groups excluding carboxylic acids is 1. The number of likely N-dealkylation sites (tertiary alicyclic amines) is 1. The molecule has 0 N–H and O–H groups in total. The molecule has 0 aliphatic carbocycles. The summed E-state index contributed by atoms with van der Waals surface area (Å²) in [5.74, 6) is 0.335. The molecule has 20 heavy (non-hydrogen) atoms. The zero-order valence-electron chi connectivity index (χ0n) is 11.2. The third kappa shape index (κ3) is 2.43. The fourth-order valence-electron chi connectivity index (χ4n) is 2.47. The molecular weight excluding hydrogens is 259 g/mol. The van der Waals surface area contributed by atoms with Crippen LogP contribution in [0.2, 0.25) is 0 Å². The van der Waals surface area contributed by atoms with E-state index in [0.717, 1.165) is 24.2 Å². The predicted molar refractivity (Wildman–Crippen MR) is 70.4 cm³/mol. The second kappa shape index (κ2) is 5.07. The number of rotatable bonds is 3. The molecule has 1 aromatic carbocycles. The Hall–Kier alpha value is -2.17. The first-order valence-corrected chi connectivity index (χ1v) is 6.60. The molecule has 0 spiro atoms. The number of halogens is 1. The van der Waals surface area contributed by atoms with Crippen molar-refractivity contribution in [1.82, 2.24) is 10.1 Å². The molecular formula is C15H15FN2O2. The molecule has 1 fully saturated rings. The standard InChI is InChI=1S/C15H15FN2O2/c1-10-8-13(20-17-10)9-15(19)18-7-6-14(18)11-2-4-12(16)5-3-11/h2-5,8,14H,6-7,9H2,1H3. The summed E-state index contributed by atoms with van der Waals surface area (Å²) in [6, 6.07) is 8.14. The summed E-state index contributed by atoms with van der Waals surface area (Å²) in [5.41, 5.74) is 1.74. The van der Waals surface area contributed by atoms with Crippen molar-refractivity contribution in [3.8, 4) is 0 Å². The summed E-state index contributed by atoms with van der Waals surface area (Å²) in [5, 5.41) is 3.77. The van der Waals surface area contributed by atoms with E-state index in [2.05, 4.69) is 5.16 Å². The second-order valence-corrected chi connectivity index (χ2v) is 5.05. The molecule has 4 nitrogen and oxygen atoms in total. The van der Waals surface area contributed by atoms with E-state index in [-0.39, 0.29) is 24.2 Å². The van der Waals surface area contributed by atoms with Crippen LogP contribution in [0.15, 0.2) is 34.9 Å². The van der Waals surface area contributed by atoms with Crippen LogP contribution in [-0.2, 0) is 11.2 Å². The van der Waals surface area contributed by atoms with Crippen LogP contribution in [0.3, 0.4) is 0 Å². The molecule has 1 aliphatic rings. The first kappa shape index (κ1) is 12.8. The van der Waals surface area contributed by atoms with Gasteiger partial charge in [0.25, 0.3) is 0 Å². The molecule has 1 saturated heterocycles. The van der Waals surface area contributed by atoms with Crippen LogP contribution in [0.5, 0.6) is 0 Å². The van der Waals surface area contributed by atoms with Crippen molar-refractivity contribution in [3.63, 3.8) is 0 Å². The third-order valence-electron chi connectivity index (χ3n) is 3.60. The summed E-state index contributed by atoms with van der Waals surface area (Å²) >= 11 is 0. The Morgan fingerprint density at radius 1 is 1.45 bits per heavy atom. The number of amides is 1. The van der Waals surface area contributed by atoms with Gasteiger partial charge in [-0.2, -0.15) is 0 Å². The Labute approximate surface area is 116 Å². The van der Waals surface area contributed by atoms with Gasteiger partial charge in [0.05, 0.1) is 18.2 Å². The van der Waals surface area contributed by atoms with Gasteiger partial charge in [-0.1, -0.05) is 17.3 Å². The molecule has 1 aliphatic heterocycles. The van der Waals surface area contributed by atoms with E-state index >= 15 is 0 Å². The van der Waals surface area contributed by atoms with Gasteiger partial charge in [-0.3, -0.25) is 4.79 Å². The minimum Gasteiger partial charge on any atom is -0.361 e. The maximum Gasteiger partial charge on any atom is 0.230 e. The van der Waals surface area contributed by atoms with Crippen molar-refractivity contribution in [2.45, 2.75) is 25.8 Å². The van der Waals surface area contributed by atoms with E-state index in [4.69, 9.17) is 4.52 Å². The van der Waals surface area contributed by atoms with Crippen molar-refractivity contribution in [3.05, 3.63) is 53.2 Å². The number of hydrogen-bond donors (Lipinski definition) is 0. The Kier molecular flexibility index (Phi) is 3.26. The maximum absolute atomic E-state index is 12.9.